The molecule has 3 rings (SSSR count). The number of hydrogen-bond acceptors (Lipinski definition) is 6. The van der Waals surface area contributed by atoms with Crippen LogP contribution in [0.3, 0.4) is 0 Å². The van der Waals surface area contributed by atoms with Gasteiger partial charge < -0.3 is 25.4 Å². The van der Waals surface area contributed by atoms with Gasteiger partial charge in [-0.2, -0.15) is 0 Å². The topological polar surface area (TPSA) is 106 Å². The fourth-order valence-corrected chi connectivity index (χ4v) is 3.06. The SMILES string of the molecule is COc1ccc(-c2ccc(N)c(NC(=O)c3ccc(NC(=O)OCCN(C)C)cc3)c2)c(F)c1. The third-order valence-corrected chi connectivity index (χ3v) is 4.95. The van der Waals surface area contributed by atoms with Crippen LogP contribution in [-0.2, 0) is 4.74 Å². The summed E-state index contributed by atoms with van der Waals surface area (Å²) in [7, 11) is 5.23. The molecule has 0 aliphatic heterocycles. The van der Waals surface area contributed by atoms with Crippen molar-refractivity contribution in [3.8, 4) is 16.9 Å². The van der Waals surface area contributed by atoms with Crippen molar-refractivity contribution >= 4 is 29.1 Å². The van der Waals surface area contributed by atoms with E-state index in [9.17, 15) is 14.0 Å². The lowest BCUT2D eigenvalue weighted by atomic mass is 10.0. The van der Waals surface area contributed by atoms with Crippen LogP contribution < -0.4 is 21.1 Å². The molecule has 0 heterocycles. The number of halogens is 1. The van der Waals surface area contributed by atoms with E-state index in [1.807, 2.05) is 19.0 Å². The second kappa shape index (κ2) is 11.2. The summed E-state index contributed by atoms with van der Waals surface area (Å²) in [5.74, 6) is -0.450. The number of ether oxygens (including phenoxy) is 2. The van der Waals surface area contributed by atoms with Crippen molar-refractivity contribution in [1.29, 1.82) is 0 Å². The number of nitrogens with two attached hydrogens (primary N) is 1. The highest BCUT2D eigenvalue weighted by Gasteiger charge is 2.13. The highest BCUT2D eigenvalue weighted by Crippen LogP contribution is 2.31. The second-order valence-electron chi connectivity index (χ2n) is 7.74. The van der Waals surface area contributed by atoms with E-state index in [0.29, 0.717) is 46.0 Å². The van der Waals surface area contributed by atoms with Crippen LogP contribution in [-0.4, -0.2) is 51.3 Å². The van der Waals surface area contributed by atoms with Crippen molar-refractivity contribution in [3.05, 3.63) is 72.0 Å². The van der Waals surface area contributed by atoms with E-state index in [-0.39, 0.29) is 6.61 Å². The summed E-state index contributed by atoms with van der Waals surface area (Å²) in [5, 5.41) is 5.35. The monoisotopic (exact) mass is 466 g/mol. The van der Waals surface area contributed by atoms with Crippen LogP contribution >= 0.6 is 0 Å². The maximum atomic E-state index is 14.5. The van der Waals surface area contributed by atoms with Crippen LogP contribution in [0, 0.1) is 5.82 Å². The van der Waals surface area contributed by atoms with Gasteiger partial charge in [0.2, 0.25) is 0 Å². The summed E-state index contributed by atoms with van der Waals surface area (Å²) in [6, 6.07) is 15.7. The minimum absolute atomic E-state index is 0.264. The van der Waals surface area contributed by atoms with Gasteiger partial charge in [0.05, 0.1) is 18.5 Å². The first-order valence-corrected chi connectivity index (χ1v) is 10.5. The molecule has 0 bridgehead atoms. The maximum absolute atomic E-state index is 14.5. The molecule has 0 unspecified atom stereocenters. The summed E-state index contributed by atoms with van der Waals surface area (Å²) >= 11 is 0. The number of benzene rings is 3. The first-order valence-electron chi connectivity index (χ1n) is 10.5. The van der Waals surface area contributed by atoms with Gasteiger partial charge in [-0.25, -0.2) is 9.18 Å². The van der Waals surface area contributed by atoms with Gasteiger partial charge in [-0.15, -0.1) is 0 Å². The number of amides is 2. The number of nitrogen functional groups attached to an aromatic ring is 1. The molecule has 0 aliphatic carbocycles. The molecule has 3 aromatic carbocycles. The average molecular weight is 467 g/mol. The Bertz CT molecular complexity index is 1170. The number of likely N-dealkylation sites (N-methyl/N-ethyl adjacent to an activating group) is 1. The molecule has 178 valence electrons. The zero-order valence-corrected chi connectivity index (χ0v) is 19.2. The minimum Gasteiger partial charge on any atom is -0.497 e. The fraction of sp³-hybridized carbons (Fsp3) is 0.200. The summed E-state index contributed by atoms with van der Waals surface area (Å²) in [5.41, 5.74) is 8.46. The molecule has 2 amide bonds. The van der Waals surface area contributed by atoms with Gasteiger partial charge in [0, 0.05) is 29.4 Å². The third kappa shape index (κ3) is 6.46. The zero-order chi connectivity index (χ0) is 24.7. The molecule has 8 nitrogen and oxygen atoms in total. The number of carbonyl (C=O) groups excluding carboxylic acids is 2. The largest absolute Gasteiger partial charge is 0.497 e. The van der Waals surface area contributed by atoms with Crippen LogP contribution in [0.2, 0.25) is 0 Å². The molecule has 3 aromatic rings. The molecular formula is C25H27FN4O4. The Labute approximate surface area is 197 Å². The quantitative estimate of drug-likeness (QED) is 0.424. The van der Waals surface area contributed by atoms with E-state index >= 15 is 0 Å². The highest BCUT2D eigenvalue weighted by molar-refractivity contribution is 6.06. The van der Waals surface area contributed by atoms with Crippen molar-refractivity contribution < 1.29 is 23.5 Å². The van der Waals surface area contributed by atoms with Crippen molar-refractivity contribution in [1.82, 2.24) is 4.90 Å². The predicted octanol–water partition coefficient (Wildman–Crippen LogP) is 4.45. The first kappa shape index (κ1) is 24.5. The molecule has 0 spiro atoms. The van der Waals surface area contributed by atoms with Crippen LogP contribution in [0.1, 0.15) is 10.4 Å². The number of nitrogens with one attached hydrogen (secondary N) is 2. The minimum atomic E-state index is -0.575. The van der Waals surface area contributed by atoms with Crippen molar-refractivity contribution in [2.24, 2.45) is 0 Å². The number of hydrogen-bond donors (Lipinski definition) is 3. The summed E-state index contributed by atoms with van der Waals surface area (Å²) in [4.78, 5) is 26.5. The zero-order valence-electron chi connectivity index (χ0n) is 19.2. The van der Waals surface area contributed by atoms with E-state index in [2.05, 4.69) is 10.6 Å². The lowest BCUT2D eigenvalue weighted by molar-refractivity contribution is 0.102. The van der Waals surface area contributed by atoms with E-state index in [1.165, 1.54) is 13.2 Å². The van der Waals surface area contributed by atoms with Crippen LogP contribution in [0.5, 0.6) is 5.75 Å². The standard InChI is InChI=1S/C25H27FN4O4/c1-30(2)12-13-34-25(32)28-18-7-4-16(5-8-18)24(31)29-23-14-17(6-11-22(23)27)20-10-9-19(33-3)15-21(20)26/h4-11,14-15H,12-13,27H2,1-3H3,(H,28,32)(H,29,31). The van der Waals surface area contributed by atoms with Crippen LogP contribution in [0.15, 0.2) is 60.7 Å². The molecule has 0 fully saturated rings. The van der Waals surface area contributed by atoms with Gasteiger partial charge in [0.1, 0.15) is 18.2 Å². The van der Waals surface area contributed by atoms with E-state index in [1.54, 1.807) is 54.6 Å². The Morgan fingerprint density at radius 1 is 1.00 bits per heavy atom. The molecule has 9 heteroatoms. The Hall–Kier alpha value is -4.11. The average Bonchev–Trinajstić information content (AvgIpc) is 2.80. The molecule has 4 N–H and O–H groups in total. The predicted molar refractivity (Wildman–Crippen MR) is 131 cm³/mol. The summed E-state index contributed by atoms with van der Waals surface area (Å²) in [6.45, 7) is 0.877. The Kier molecular flexibility index (Phi) is 8.05. The molecule has 0 saturated heterocycles. The van der Waals surface area contributed by atoms with Crippen molar-refractivity contribution in [3.63, 3.8) is 0 Å². The molecule has 0 atom stereocenters. The van der Waals surface area contributed by atoms with Gasteiger partial charge in [-0.3, -0.25) is 10.1 Å². The van der Waals surface area contributed by atoms with Gasteiger partial charge in [-0.05, 0) is 68.2 Å². The molecule has 34 heavy (non-hydrogen) atoms. The lowest BCUT2D eigenvalue weighted by Gasteiger charge is -2.12. The fourth-order valence-electron chi connectivity index (χ4n) is 3.06. The van der Waals surface area contributed by atoms with Crippen molar-refractivity contribution in [2.75, 3.05) is 50.7 Å². The number of methoxy groups -OCH3 is 1. The smallest absolute Gasteiger partial charge is 0.411 e. The van der Waals surface area contributed by atoms with E-state index < -0.39 is 17.8 Å². The highest BCUT2D eigenvalue weighted by atomic mass is 19.1. The maximum Gasteiger partial charge on any atom is 0.411 e. The number of nitrogens with zero attached hydrogens (tertiary/aromatic N) is 1. The molecular weight excluding hydrogens is 439 g/mol. The number of anilines is 3. The Balaban J connectivity index is 1.67. The molecule has 0 aromatic heterocycles. The van der Waals surface area contributed by atoms with Crippen LogP contribution in [0.25, 0.3) is 11.1 Å². The Morgan fingerprint density at radius 2 is 1.74 bits per heavy atom. The third-order valence-electron chi connectivity index (χ3n) is 4.95. The summed E-state index contributed by atoms with van der Waals surface area (Å²) in [6.07, 6.45) is -0.575. The van der Waals surface area contributed by atoms with E-state index in [0.717, 1.165) is 0 Å². The number of carbonyl (C=O) groups is 2. The van der Waals surface area contributed by atoms with E-state index in [4.69, 9.17) is 15.2 Å². The Morgan fingerprint density at radius 3 is 2.38 bits per heavy atom. The first-order chi connectivity index (χ1) is 16.3. The number of rotatable bonds is 8. The lowest BCUT2D eigenvalue weighted by Crippen LogP contribution is -2.22. The van der Waals surface area contributed by atoms with Gasteiger partial charge in [0.25, 0.3) is 5.91 Å². The van der Waals surface area contributed by atoms with Crippen molar-refractivity contribution in [2.45, 2.75) is 0 Å². The molecule has 0 aliphatic rings. The molecule has 0 radical (unpaired) electrons. The van der Waals surface area contributed by atoms with Gasteiger partial charge in [-0.1, -0.05) is 6.07 Å². The second-order valence-corrected chi connectivity index (χ2v) is 7.74. The normalized spacial score (nSPS) is 10.6. The van der Waals surface area contributed by atoms with Gasteiger partial charge in [0.15, 0.2) is 0 Å². The molecule has 0 saturated carbocycles. The van der Waals surface area contributed by atoms with Crippen LogP contribution in [0.4, 0.5) is 26.2 Å². The summed E-state index contributed by atoms with van der Waals surface area (Å²) < 4.78 is 24.6. The van der Waals surface area contributed by atoms with Gasteiger partial charge >= 0.3 is 6.09 Å².